The molecule has 2 saturated heterocycles. The Hall–Kier alpha value is -0.970. The van der Waals surface area contributed by atoms with Gasteiger partial charge in [0.15, 0.2) is 12.1 Å². The first kappa shape index (κ1) is 17.9. The lowest BCUT2D eigenvalue weighted by Gasteiger charge is -2.56. The number of allylic oxidation sites excluding steroid dienone is 2. The van der Waals surface area contributed by atoms with Gasteiger partial charge >= 0.3 is 0 Å². The number of hydrogen-bond donors (Lipinski definition) is 0. The molecule has 0 aromatic carbocycles. The fourth-order valence-electron chi connectivity index (χ4n) is 8.14. The van der Waals surface area contributed by atoms with Gasteiger partial charge in [0.1, 0.15) is 12.2 Å². The molecular weight excluding hydrogens is 352 g/mol. The first-order chi connectivity index (χ1) is 13.4. The van der Waals surface area contributed by atoms with E-state index in [1.54, 1.807) is 0 Å². The highest BCUT2D eigenvalue weighted by atomic mass is 16.7. The summed E-state index contributed by atoms with van der Waals surface area (Å²) < 4.78 is 17.7. The number of ketones is 1. The van der Waals surface area contributed by atoms with Gasteiger partial charge in [0.05, 0.1) is 13.2 Å². The average Bonchev–Trinajstić information content (AvgIpc) is 3.17. The van der Waals surface area contributed by atoms with Crippen molar-refractivity contribution in [2.45, 2.75) is 65.0 Å². The second-order valence-corrected chi connectivity index (χ2v) is 10.6. The molecule has 0 amide bonds. The van der Waals surface area contributed by atoms with Crippen LogP contribution in [0.15, 0.2) is 23.8 Å². The maximum atomic E-state index is 12.2. The molecule has 2 saturated carbocycles. The van der Waals surface area contributed by atoms with E-state index in [0.29, 0.717) is 35.0 Å². The maximum absolute atomic E-state index is 12.2. The molecule has 4 nitrogen and oxygen atoms in total. The number of carbonyl (C=O) groups is 1. The molecule has 0 spiro atoms. The van der Waals surface area contributed by atoms with E-state index in [4.69, 9.17) is 14.2 Å². The van der Waals surface area contributed by atoms with Crippen LogP contribution in [0.25, 0.3) is 0 Å². The maximum Gasteiger partial charge on any atom is 0.187 e. The number of ether oxygens (including phenoxy) is 3. The first-order valence-electron chi connectivity index (χ1n) is 11.3. The standard InChI is InChI=1S/C24H32O4/c1-13(22-26-10-11-27-22)16-6-7-17-15-5-4-14-12-19(25)20-21(28-20)24(14,3)18(15)8-9-23(16,17)2/h4-5,12-13,15-18,20-22H,6-11H2,1-3H3/t13?,15-,16+,17-,18-,20?,21?,23+,24-/m0/s1. The number of hydrogen-bond acceptors (Lipinski definition) is 4. The van der Waals surface area contributed by atoms with E-state index in [9.17, 15) is 4.79 Å². The smallest absolute Gasteiger partial charge is 0.187 e. The Morgan fingerprint density at radius 1 is 1.11 bits per heavy atom. The number of carbonyl (C=O) groups excluding carboxylic acids is 1. The molecule has 4 aliphatic carbocycles. The van der Waals surface area contributed by atoms with Gasteiger partial charge in [-0.15, -0.1) is 0 Å². The topological polar surface area (TPSA) is 48.1 Å². The van der Waals surface area contributed by atoms with E-state index in [0.717, 1.165) is 13.2 Å². The third kappa shape index (κ3) is 2.15. The monoisotopic (exact) mass is 384 g/mol. The summed E-state index contributed by atoms with van der Waals surface area (Å²) in [5, 5.41) is 0. The predicted molar refractivity (Wildman–Crippen MR) is 104 cm³/mol. The van der Waals surface area contributed by atoms with Crippen LogP contribution >= 0.6 is 0 Å². The van der Waals surface area contributed by atoms with Gasteiger partial charge in [-0.05, 0) is 66.4 Å². The average molecular weight is 385 g/mol. The zero-order chi connectivity index (χ0) is 19.3. The van der Waals surface area contributed by atoms with Crippen LogP contribution in [-0.2, 0) is 19.0 Å². The van der Waals surface area contributed by atoms with Crippen LogP contribution in [0.4, 0.5) is 0 Å². The van der Waals surface area contributed by atoms with Gasteiger partial charge in [-0.2, -0.15) is 0 Å². The zero-order valence-electron chi connectivity index (χ0n) is 17.2. The van der Waals surface area contributed by atoms with Crippen LogP contribution in [0.3, 0.4) is 0 Å². The molecule has 2 aliphatic heterocycles. The fraction of sp³-hybridized carbons (Fsp3) is 0.792. The highest BCUT2D eigenvalue weighted by Gasteiger charge is 2.67. The Morgan fingerprint density at radius 2 is 1.89 bits per heavy atom. The van der Waals surface area contributed by atoms with Crippen LogP contribution in [0.5, 0.6) is 0 Å². The van der Waals surface area contributed by atoms with Gasteiger partial charge in [-0.25, -0.2) is 0 Å². The van der Waals surface area contributed by atoms with Gasteiger partial charge in [0.25, 0.3) is 0 Å². The molecule has 0 radical (unpaired) electrons. The minimum absolute atomic E-state index is 0.0146. The third-order valence-corrected chi connectivity index (χ3v) is 9.67. The first-order valence-corrected chi connectivity index (χ1v) is 11.3. The number of epoxide rings is 1. The van der Waals surface area contributed by atoms with Crippen molar-refractivity contribution in [1.82, 2.24) is 0 Å². The van der Waals surface area contributed by atoms with Gasteiger partial charge in [0, 0.05) is 11.3 Å². The summed E-state index contributed by atoms with van der Waals surface area (Å²) in [5.41, 5.74) is 1.59. The summed E-state index contributed by atoms with van der Waals surface area (Å²) in [4.78, 5) is 12.2. The molecule has 6 aliphatic rings. The molecular formula is C24H32O4. The summed E-state index contributed by atoms with van der Waals surface area (Å²) in [5.74, 6) is 3.20. The molecule has 0 aromatic rings. The van der Waals surface area contributed by atoms with Crippen molar-refractivity contribution in [2.24, 2.45) is 40.4 Å². The van der Waals surface area contributed by atoms with Crippen molar-refractivity contribution in [3.05, 3.63) is 23.8 Å². The minimum Gasteiger partial charge on any atom is -0.360 e. The Bertz CT molecular complexity index is 765. The van der Waals surface area contributed by atoms with Crippen molar-refractivity contribution in [3.8, 4) is 0 Å². The fourth-order valence-corrected chi connectivity index (χ4v) is 8.14. The minimum atomic E-state index is -0.165. The Kier molecular flexibility index (Phi) is 3.70. The summed E-state index contributed by atoms with van der Waals surface area (Å²) in [6.45, 7) is 8.73. The molecule has 152 valence electrons. The molecule has 28 heavy (non-hydrogen) atoms. The third-order valence-electron chi connectivity index (χ3n) is 9.67. The van der Waals surface area contributed by atoms with Gasteiger partial charge in [0.2, 0.25) is 0 Å². The van der Waals surface area contributed by atoms with Crippen LogP contribution in [0.1, 0.15) is 46.5 Å². The van der Waals surface area contributed by atoms with Crippen LogP contribution < -0.4 is 0 Å². The highest BCUT2D eigenvalue weighted by molar-refractivity contribution is 5.98. The molecule has 3 unspecified atom stereocenters. The van der Waals surface area contributed by atoms with E-state index >= 15 is 0 Å². The zero-order valence-corrected chi connectivity index (χ0v) is 17.2. The second-order valence-electron chi connectivity index (χ2n) is 10.6. The van der Waals surface area contributed by atoms with Crippen molar-refractivity contribution < 1.29 is 19.0 Å². The molecule has 0 aromatic heterocycles. The lowest BCUT2D eigenvalue weighted by molar-refractivity contribution is -0.119. The van der Waals surface area contributed by atoms with Crippen molar-refractivity contribution in [1.29, 1.82) is 0 Å². The molecule has 4 fully saturated rings. The Labute approximate surface area is 167 Å². The number of rotatable bonds is 2. The van der Waals surface area contributed by atoms with Gasteiger partial charge < -0.3 is 14.2 Å². The van der Waals surface area contributed by atoms with E-state index < -0.39 is 0 Å². The normalized spacial score (nSPS) is 53.1. The summed E-state index contributed by atoms with van der Waals surface area (Å²) >= 11 is 0. The van der Waals surface area contributed by atoms with Crippen molar-refractivity contribution in [2.75, 3.05) is 13.2 Å². The second kappa shape index (κ2) is 5.80. The van der Waals surface area contributed by atoms with Crippen LogP contribution in [0, 0.1) is 40.4 Å². The highest BCUT2D eigenvalue weighted by Crippen LogP contribution is 2.68. The Balaban J connectivity index is 1.32. The lowest BCUT2D eigenvalue weighted by Crippen LogP contribution is -2.52. The summed E-state index contributed by atoms with van der Waals surface area (Å²) in [6.07, 6.45) is 11.6. The summed E-state index contributed by atoms with van der Waals surface area (Å²) in [6, 6.07) is 0. The van der Waals surface area contributed by atoms with E-state index in [2.05, 4.69) is 32.9 Å². The lowest BCUT2D eigenvalue weighted by atomic mass is 9.48. The van der Waals surface area contributed by atoms with E-state index in [1.807, 2.05) is 6.08 Å². The van der Waals surface area contributed by atoms with E-state index in [-0.39, 0.29) is 29.7 Å². The number of fused-ring (bicyclic) bond motifs is 7. The van der Waals surface area contributed by atoms with Crippen molar-refractivity contribution in [3.63, 3.8) is 0 Å². The summed E-state index contributed by atoms with van der Waals surface area (Å²) in [7, 11) is 0. The van der Waals surface area contributed by atoms with Gasteiger partial charge in [-0.1, -0.05) is 32.9 Å². The van der Waals surface area contributed by atoms with E-state index in [1.165, 1.54) is 31.3 Å². The molecule has 0 bridgehead atoms. The Morgan fingerprint density at radius 3 is 2.68 bits per heavy atom. The van der Waals surface area contributed by atoms with Gasteiger partial charge in [-0.3, -0.25) is 4.79 Å². The van der Waals surface area contributed by atoms with Crippen molar-refractivity contribution >= 4 is 5.78 Å². The van der Waals surface area contributed by atoms with Crippen LogP contribution in [-0.4, -0.2) is 37.5 Å². The SMILES string of the molecule is CC(C1OCCO1)[C@H]1CC[C@H]2[C@@H]3C=CC4=CC(=O)C5OC5[C@]4(C)[C@H]3CC[C@]12C. The predicted octanol–water partition coefficient (Wildman–Crippen LogP) is 3.91. The molecule has 0 N–H and O–H groups in total. The quantitative estimate of drug-likeness (QED) is 0.678. The largest absolute Gasteiger partial charge is 0.360 e. The molecule has 4 heteroatoms. The molecule has 2 heterocycles. The molecule has 6 rings (SSSR count). The van der Waals surface area contributed by atoms with Crippen LogP contribution in [0.2, 0.25) is 0 Å². The molecule has 9 atom stereocenters.